The number of nitrogen functional groups attached to an aromatic ring is 1. The molecule has 0 spiro atoms. The van der Waals surface area contributed by atoms with Crippen LogP contribution in [0.1, 0.15) is 53.2 Å². The van der Waals surface area contributed by atoms with Gasteiger partial charge in [0.2, 0.25) is 0 Å². The second-order valence-electron chi connectivity index (χ2n) is 8.69. The van der Waals surface area contributed by atoms with Crippen molar-refractivity contribution in [1.29, 1.82) is 0 Å². The molecule has 35 heavy (non-hydrogen) atoms. The summed E-state index contributed by atoms with van der Waals surface area (Å²) < 4.78 is 15.1. The molecule has 0 unspecified atom stereocenters. The SMILES string of the molecule is Nc1ncnc2c1c(C(=O)c1cccc(NC(=O)NCc3ccc(F)cc3)c1)cn2C1CCCC1. The van der Waals surface area contributed by atoms with E-state index in [1.807, 2.05) is 6.20 Å². The van der Waals surface area contributed by atoms with E-state index in [0.717, 1.165) is 31.2 Å². The van der Waals surface area contributed by atoms with E-state index in [-0.39, 0.29) is 30.0 Å². The number of carbonyl (C=O) groups excluding carboxylic acids is 2. The number of nitrogens with zero attached hydrogens (tertiary/aromatic N) is 3. The van der Waals surface area contributed by atoms with Gasteiger partial charge in [-0.05, 0) is 42.7 Å². The van der Waals surface area contributed by atoms with E-state index in [1.165, 1.54) is 18.5 Å². The van der Waals surface area contributed by atoms with Crippen LogP contribution in [0.15, 0.2) is 61.1 Å². The van der Waals surface area contributed by atoms with Crippen LogP contribution < -0.4 is 16.4 Å². The predicted octanol–water partition coefficient (Wildman–Crippen LogP) is 4.82. The first-order valence-electron chi connectivity index (χ1n) is 11.5. The maximum absolute atomic E-state index is 13.5. The van der Waals surface area contributed by atoms with Crippen LogP contribution in [-0.4, -0.2) is 26.3 Å². The highest BCUT2D eigenvalue weighted by Gasteiger charge is 2.25. The average Bonchev–Trinajstić information content (AvgIpc) is 3.52. The van der Waals surface area contributed by atoms with Crippen LogP contribution >= 0.6 is 0 Å². The molecule has 178 valence electrons. The molecule has 2 aromatic heterocycles. The Kier molecular flexibility index (Phi) is 6.13. The van der Waals surface area contributed by atoms with Crippen molar-refractivity contribution in [2.75, 3.05) is 11.1 Å². The average molecular weight is 473 g/mol. The maximum atomic E-state index is 13.5. The van der Waals surface area contributed by atoms with Gasteiger partial charge in [-0.25, -0.2) is 19.2 Å². The zero-order valence-electron chi connectivity index (χ0n) is 19.0. The van der Waals surface area contributed by atoms with Gasteiger partial charge >= 0.3 is 6.03 Å². The molecule has 8 nitrogen and oxygen atoms in total. The normalized spacial score (nSPS) is 13.7. The monoisotopic (exact) mass is 472 g/mol. The third-order valence-corrected chi connectivity index (χ3v) is 6.35. The molecular formula is C26H25FN6O2. The van der Waals surface area contributed by atoms with Crippen molar-refractivity contribution < 1.29 is 14.0 Å². The second kappa shape index (κ2) is 9.54. The molecule has 9 heteroatoms. The van der Waals surface area contributed by atoms with Crippen molar-refractivity contribution >= 4 is 34.4 Å². The summed E-state index contributed by atoms with van der Waals surface area (Å²) in [7, 11) is 0. The summed E-state index contributed by atoms with van der Waals surface area (Å²) in [6, 6.07) is 12.5. The Morgan fingerprint density at radius 2 is 1.86 bits per heavy atom. The van der Waals surface area contributed by atoms with Crippen LogP contribution in [0.3, 0.4) is 0 Å². The first-order chi connectivity index (χ1) is 17.0. The van der Waals surface area contributed by atoms with Gasteiger partial charge in [0.25, 0.3) is 0 Å². The van der Waals surface area contributed by atoms with Gasteiger partial charge in [-0.3, -0.25) is 4.79 Å². The van der Waals surface area contributed by atoms with E-state index in [2.05, 4.69) is 25.2 Å². The number of amides is 2. The highest BCUT2D eigenvalue weighted by molar-refractivity contribution is 6.18. The number of nitrogens with two attached hydrogens (primary N) is 1. The van der Waals surface area contributed by atoms with E-state index in [4.69, 9.17) is 5.73 Å². The highest BCUT2D eigenvalue weighted by atomic mass is 19.1. The molecule has 1 saturated carbocycles. The van der Waals surface area contributed by atoms with Crippen LogP contribution in [0.4, 0.5) is 20.7 Å². The van der Waals surface area contributed by atoms with Crippen molar-refractivity contribution in [3.05, 3.63) is 83.6 Å². The van der Waals surface area contributed by atoms with Crippen molar-refractivity contribution in [3.63, 3.8) is 0 Å². The number of carbonyl (C=O) groups is 2. The Bertz CT molecular complexity index is 1390. The third-order valence-electron chi connectivity index (χ3n) is 6.35. The summed E-state index contributed by atoms with van der Waals surface area (Å²) in [5, 5.41) is 6.01. The van der Waals surface area contributed by atoms with Crippen LogP contribution in [0.25, 0.3) is 11.0 Å². The lowest BCUT2D eigenvalue weighted by molar-refractivity contribution is 0.104. The van der Waals surface area contributed by atoms with Gasteiger partial charge in [0, 0.05) is 30.0 Å². The highest BCUT2D eigenvalue weighted by Crippen LogP contribution is 2.35. The fraction of sp³-hybridized carbons (Fsp3) is 0.231. The van der Waals surface area contributed by atoms with Crippen LogP contribution in [-0.2, 0) is 6.54 Å². The minimum Gasteiger partial charge on any atom is -0.383 e. The fourth-order valence-corrected chi connectivity index (χ4v) is 4.59. The Morgan fingerprint density at radius 1 is 1.09 bits per heavy atom. The van der Waals surface area contributed by atoms with Crippen LogP contribution in [0.2, 0.25) is 0 Å². The number of hydrogen-bond donors (Lipinski definition) is 3. The van der Waals surface area contributed by atoms with Gasteiger partial charge in [-0.2, -0.15) is 0 Å². The van der Waals surface area contributed by atoms with Crippen molar-refractivity contribution in [1.82, 2.24) is 19.9 Å². The number of urea groups is 1. The molecular weight excluding hydrogens is 447 g/mol. The van der Waals surface area contributed by atoms with Gasteiger partial charge in [-0.15, -0.1) is 0 Å². The van der Waals surface area contributed by atoms with Crippen LogP contribution in [0, 0.1) is 5.82 Å². The first kappa shape index (κ1) is 22.5. The number of anilines is 2. The van der Waals surface area contributed by atoms with Crippen LogP contribution in [0.5, 0.6) is 0 Å². The van der Waals surface area contributed by atoms with Gasteiger partial charge in [-0.1, -0.05) is 37.1 Å². The largest absolute Gasteiger partial charge is 0.383 e. The Labute approximate surface area is 201 Å². The number of benzene rings is 2. The smallest absolute Gasteiger partial charge is 0.319 e. The molecule has 0 atom stereocenters. The molecule has 2 heterocycles. The number of nitrogens with one attached hydrogen (secondary N) is 2. The summed E-state index contributed by atoms with van der Waals surface area (Å²) in [6.07, 6.45) is 7.62. The maximum Gasteiger partial charge on any atom is 0.319 e. The van der Waals surface area contributed by atoms with Gasteiger partial charge in [0.15, 0.2) is 5.78 Å². The lowest BCUT2D eigenvalue weighted by Gasteiger charge is -2.12. The number of fused-ring (bicyclic) bond motifs is 1. The molecule has 0 aliphatic heterocycles. The van der Waals surface area contributed by atoms with E-state index in [9.17, 15) is 14.0 Å². The van der Waals surface area contributed by atoms with E-state index < -0.39 is 6.03 Å². The predicted molar refractivity (Wildman–Crippen MR) is 132 cm³/mol. The second-order valence-corrected chi connectivity index (χ2v) is 8.69. The number of hydrogen-bond acceptors (Lipinski definition) is 5. The lowest BCUT2D eigenvalue weighted by Crippen LogP contribution is -2.28. The van der Waals surface area contributed by atoms with E-state index in [0.29, 0.717) is 27.8 Å². The fourth-order valence-electron chi connectivity index (χ4n) is 4.59. The van der Waals surface area contributed by atoms with Gasteiger partial charge in [0.05, 0.1) is 10.9 Å². The van der Waals surface area contributed by atoms with Gasteiger partial charge < -0.3 is 20.9 Å². The van der Waals surface area contributed by atoms with Gasteiger partial charge in [0.1, 0.15) is 23.6 Å². The summed E-state index contributed by atoms with van der Waals surface area (Å²) in [5.74, 6) is -0.285. The molecule has 5 rings (SSSR count). The molecule has 0 saturated heterocycles. The topological polar surface area (TPSA) is 115 Å². The number of ketones is 1. The molecule has 4 N–H and O–H groups in total. The lowest BCUT2D eigenvalue weighted by atomic mass is 10.0. The van der Waals surface area contributed by atoms with Crippen molar-refractivity contribution in [2.24, 2.45) is 0 Å². The quantitative estimate of drug-likeness (QED) is 0.348. The van der Waals surface area contributed by atoms with Crippen molar-refractivity contribution in [3.8, 4) is 0 Å². The number of halogens is 1. The molecule has 2 aromatic carbocycles. The summed E-state index contributed by atoms with van der Waals surface area (Å²) >= 11 is 0. The molecule has 1 aliphatic rings. The third kappa shape index (κ3) is 4.70. The zero-order valence-corrected chi connectivity index (χ0v) is 19.0. The van der Waals surface area contributed by atoms with E-state index >= 15 is 0 Å². The zero-order chi connectivity index (χ0) is 24.4. The molecule has 1 fully saturated rings. The molecule has 0 bridgehead atoms. The summed E-state index contributed by atoms with van der Waals surface area (Å²) in [5.41, 5.74) is 8.93. The summed E-state index contributed by atoms with van der Waals surface area (Å²) in [6.45, 7) is 0.241. The Hall–Kier alpha value is -4.27. The number of aromatic nitrogens is 3. The Balaban J connectivity index is 1.36. The molecule has 4 aromatic rings. The minimum atomic E-state index is -0.436. The molecule has 1 aliphatic carbocycles. The number of rotatable bonds is 6. The van der Waals surface area contributed by atoms with E-state index in [1.54, 1.807) is 36.4 Å². The molecule has 0 radical (unpaired) electrons. The summed E-state index contributed by atoms with van der Waals surface area (Å²) in [4.78, 5) is 34.4. The first-order valence-corrected chi connectivity index (χ1v) is 11.5. The van der Waals surface area contributed by atoms with Crippen molar-refractivity contribution in [2.45, 2.75) is 38.3 Å². The Morgan fingerprint density at radius 3 is 2.63 bits per heavy atom. The molecule has 2 amide bonds. The standard InChI is InChI=1S/C26H25FN6O2/c27-18-10-8-16(9-11-18)13-29-26(35)32-19-5-3-4-17(12-19)23(34)21-14-33(20-6-1-2-7-20)25-22(21)24(28)30-15-31-25/h3-5,8-12,14-15,20H,1-2,6-7,13H2,(H2,28,30,31)(H2,29,32,35). The minimum absolute atomic E-state index is 0.219.